The first-order chi connectivity index (χ1) is 9.85. The van der Waals surface area contributed by atoms with E-state index < -0.39 is 11.9 Å². The third-order valence-electron chi connectivity index (χ3n) is 3.57. The van der Waals surface area contributed by atoms with Crippen molar-refractivity contribution in [3.63, 3.8) is 0 Å². The summed E-state index contributed by atoms with van der Waals surface area (Å²) in [7, 11) is 0. The minimum Gasteiger partial charge on any atom is -0.368 e. The number of rotatable bonds is 9. The zero-order valence-corrected chi connectivity index (χ0v) is 12.7. The van der Waals surface area contributed by atoms with E-state index >= 15 is 0 Å². The van der Waals surface area contributed by atoms with E-state index in [0.717, 1.165) is 12.8 Å². The molecule has 0 bridgehead atoms. The predicted molar refractivity (Wildman–Crippen MR) is 78.9 cm³/mol. The SMILES string of the molecule is CC(C)C[C@H](NC(=O)[C@H]1CC1CCN)C(=O)NCC(N)=O. The van der Waals surface area contributed by atoms with Crippen LogP contribution in [0.15, 0.2) is 0 Å². The molecule has 0 spiro atoms. The van der Waals surface area contributed by atoms with Gasteiger partial charge < -0.3 is 22.1 Å². The van der Waals surface area contributed by atoms with Gasteiger partial charge in [-0.15, -0.1) is 0 Å². The molecule has 0 saturated heterocycles. The van der Waals surface area contributed by atoms with E-state index in [1.54, 1.807) is 0 Å². The topological polar surface area (TPSA) is 127 Å². The summed E-state index contributed by atoms with van der Waals surface area (Å²) in [5.74, 6) is -0.535. The first-order valence-electron chi connectivity index (χ1n) is 7.41. The third kappa shape index (κ3) is 6.12. The average molecular weight is 298 g/mol. The Balaban J connectivity index is 2.51. The van der Waals surface area contributed by atoms with E-state index in [-0.39, 0.29) is 30.2 Å². The summed E-state index contributed by atoms with van der Waals surface area (Å²) < 4.78 is 0. The molecule has 7 nitrogen and oxygen atoms in total. The van der Waals surface area contributed by atoms with Crippen LogP contribution < -0.4 is 22.1 Å². The zero-order valence-electron chi connectivity index (χ0n) is 12.7. The van der Waals surface area contributed by atoms with Crippen LogP contribution in [0.3, 0.4) is 0 Å². The van der Waals surface area contributed by atoms with Crippen molar-refractivity contribution in [1.82, 2.24) is 10.6 Å². The van der Waals surface area contributed by atoms with E-state index in [1.807, 2.05) is 13.8 Å². The van der Waals surface area contributed by atoms with Crippen molar-refractivity contribution in [2.75, 3.05) is 13.1 Å². The Morgan fingerprint density at radius 1 is 1.29 bits per heavy atom. The molecule has 1 fully saturated rings. The second-order valence-corrected chi connectivity index (χ2v) is 6.05. The molecule has 120 valence electrons. The Morgan fingerprint density at radius 2 is 1.95 bits per heavy atom. The van der Waals surface area contributed by atoms with Gasteiger partial charge >= 0.3 is 0 Å². The van der Waals surface area contributed by atoms with Crippen molar-refractivity contribution in [1.29, 1.82) is 0 Å². The normalized spacial score (nSPS) is 21.7. The molecule has 0 aromatic carbocycles. The lowest BCUT2D eigenvalue weighted by atomic mass is 10.0. The molecule has 1 unspecified atom stereocenters. The molecule has 1 saturated carbocycles. The zero-order chi connectivity index (χ0) is 16.0. The fourth-order valence-electron chi connectivity index (χ4n) is 2.38. The molecule has 6 N–H and O–H groups in total. The lowest BCUT2D eigenvalue weighted by Crippen LogP contribution is -2.49. The van der Waals surface area contributed by atoms with Gasteiger partial charge in [-0.05, 0) is 37.6 Å². The van der Waals surface area contributed by atoms with E-state index in [2.05, 4.69) is 10.6 Å². The largest absolute Gasteiger partial charge is 0.368 e. The van der Waals surface area contributed by atoms with Gasteiger partial charge in [0.25, 0.3) is 0 Å². The quantitative estimate of drug-likeness (QED) is 0.440. The van der Waals surface area contributed by atoms with E-state index in [1.165, 1.54) is 0 Å². The molecule has 21 heavy (non-hydrogen) atoms. The van der Waals surface area contributed by atoms with Gasteiger partial charge in [0, 0.05) is 5.92 Å². The van der Waals surface area contributed by atoms with Crippen LogP contribution in [0.25, 0.3) is 0 Å². The minimum atomic E-state index is -0.629. The highest BCUT2D eigenvalue weighted by atomic mass is 16.2. The third-order valence-corrected chi connectivity index (χ3v) is 3.57. The standard InChI is InChI=1S/C14H26N4O3/c1-8(2)5-11(14(21)17-7-12(16)19)18-13(20)10-6-9(10)3-4-15/h8-11H,3-7,15H2,1-2H3,(H2,16,19)(H,17,21)(H,18,20)/t9?,10-,11-/m0/s1. The van der Waals surface area contributed by atoms with Crippen LogP contribution in [0.5, 0.6) is 0 Å². The molecule has 7 heteroatoms. The molecule has 3 amide bonds. The van der Waals surface area contributed by atoms with Crippen molar-refractivity contribution in [3.8, 4) is 0 Å². The first kappa shape index (κ1) is 17.4. The number of nitrogens with one attached hydrogen (secondary N) is 2. The number of carbonyl (C=O) groups excluding carboxylic acids is 3. The molecule has 1 aliphatic rings. The summed E-state index contributed by atoms with van der Waals surface area (Å²) in [6.45, 7) is 4.29. The highest BCUT2D eigenvalue weighted by molar-refractivity contribution is 5.91. The highest BCUT2D eigenvalue weighted by Crippen LogP contribution is 2.41. The number of amides is 3. The maximum absolute atomic E-state index is 12.1. The van der Waals surface area contributed by atoms with Crippen LogP contribution in [-0.2, 0) is 14.4 Å². The monoisotopic (exact) mass is 298 g/mol. The molecule has 0 radical (unpaired) electrons. The summed E-state index contributed by atoms with van der Waals surface area (Å²) >= 11 is 0. The summed E-state index contributed by atoms with van der Waals surface area (Å²) in [5, 5.41) is 5.22. The van der Waals surface area contributed by atoms with Gasteiger partial charge in [-0.3, -0.25) is 14.4 Å². The van der Waals surface area contributed by atoms with Crippen LogP contribution in [0.1, 0.15) is 33.1 Å². The highest BCUT2D eigenvalue weighted by Gasteiger charge is 2.43. The average Bonchev–Trinajstić information content (AvgIpc) is 3.14. The van der Waals surface area contributed by atoms with E-state index in [0.29, 0.717) is 18.9 Å². The van der Waals surface area contributed by atoms with Gasteiger partial charge in [0.05, 0.1) is 6.54 Å². The van der Waals surface area contributed by atoms with Gasteiger partial charge in [0.15, 0.2) is 0 Å². The van der Waals surface area contributed by atoms with Gasteiger partial charge in [0.2, 0.25) is 17.7 Å². The summed E-state index contributed by atoms with van der Waals surface area (Å²) in [6.07, 6.45) is 2.19. The van der Waals surface area contributed by atoms with Crippen LogP contribution in [0, 0.1) is 17.8 Å². The number of hydrogen-bond donors (Lipinski definition) is 4. The maximum atomic E-state index is 12.1. The van der Waals surface area contributed by atoms with Crippen LogP contribution in [-0.4, -0.2) is 36.9 Å². The second-order valence-electron chi connectivity index (χ2n) is 6.05. The molecule has 0 aromatic rings. The molecular weight excluding hydrogens is 272 g/mol. The Labute approximate surface area is 125 Å². The summed E-state index contributed by atoms with van der Waals surface area (Å²) in [6, 6.07) is -0.629. The number of nitrogens with two attached hydrogens (primary N) is 2. The lowest BCUT2D eigenvalue weighted by Gasteiger charge is -2.20. The molecule has 0 heterocycles. The van der Waals surface area contributed by atoms with Crippen LogP contribution in [0.2, 0.25) is 0 Å². The van der Waals surface area contributed by atoms with Crippen molar-refractivity contribution < 1.29 is 14.4 Å². The van der Waals surface area contributed by atoms with E-state index in [4.69, 9.17) is 11.5 Å². The lowest BCUT2D eigenvalue weighted by molar-refractivity contribution is -0.131. The second kappa shape index (κ2) is 7.97. The van der Waals surface area contributed by atoms with Gasteiger partial charge in [-0.25, -0.2) is 0 Å². The van der Waals surface area contributed by atoms with Gasteiger partial charge in [-0.1, -0.05) is 13.8 Å². The number of hydrogen-bond acceptors (Lipinski definition) is 4. The Hall–Kier alpha value is -1.63. The fraction of sp³-hybridized carbons (Fsp3) is 0.786. The number of carbonyl (C=O) groups is 3. The Bertz CT molecular complexity index is 398. The van der Waals surface area contributed by atoms with E-state index in [9.17, 15) is 14.4 Å². The molecule has 3 atom stereocenters. The molecule has 0 aliphatic heterocycles. The first-order valence-corrected chi connectivity index (χ1v) is 7.41. The fourth-order valence-corrected chi connectivity index (χ4v) is 2.38. The van der Waals surface area contributed by atoms with Crippen molar-refractivity contribution in [2.24, 2.45) is 29.2 Å². The summed E-state index contributed by atoms with van der Waals surface area (Å²) in [4.78, 5) is 34.8. The predicted octanol–water partition coefficient (Wildman–Crippen LogP) is -0.896. The van der Waals surface area contributed by atoms with Gasteiger partial charge in [0.1, 0.15) is 6.04 Å². The van der Waals surface area contributed by atoms with Crippen molar-refractivity contribution in [3.05, 3.63) is 0 Å². The smallest absolute Gasteiger partial charge is 0.243 e. The Morgan fingerprint density at radius 3 is 2.48 bits per heavy atom. The number of primary amides is 1. The van der Waals surface area contributed by atoms with Gasteiger partial charge in [-0.2, -0.15) is 0 Å². The van der Waals surface area contributed by atoms with Crippen molar-refractivity contribution >= 4 is 17.7 Å². The van der Waals surface area contributed by atoms with Crippen molar-refractivity contribution in [2.45, 2.75) is 39.2 Å². The summed E-state index contributed by atoms with van der Waals surface area (Å²) in [5.41, 5.74) is 10.5. The maximum Gasteiger partial charge on any atom is 0.243 e. The molecule has 1 rings (SSSR count). The molecule has 1 aliphatic carbocycles. The Kier molecular flexibility index (Phi) is 6.61. The molecular formula is C14H26N4O3. The van der Waals surface area contributed by atoms with Crippen LogP contribution in [0.4, 0.5) is 0 Å². The molecule has 0 aromatic heterocycles. The minimum absolute atomic E-state index is 0.0350. The van der Waals surface area contributed by atoms with Crippen LogP contribution >= 0.6 is 0 Å².